The van der Waals surface area contributed by atoms with E-state index in [1.807, 2.05) is 40.0 Å². The minimum absolute atomic E-state index is 0.206. The molecule has 2 N–H and O–H groups in total. The minimum Gasteiger partial charge on any atom is -0.479 e. The lowest BCUT2D eigenvalue weighted by Gasteiger charge is -2.58. The summed E-state index contributed by atoms with van der Waals surface area (Å²) in [5.41, 5.74) is 0.0906. The van der Waals surface area contributed by atoms with Gasteiger partial charge in [0.1, 0.15) is 5.54 Å². The van der Waals surface area contributed by atoms with Crippen LogP contribution in [0, 0.1) is 12.3 Å². The van der Waals surface area contributed by atoms with Crippen molar-refractivity contribution in [2.75, 3.05) is 6.61 Å². The first-order chi connectivity index (χ1) is 12.7. The Morgan fingerprint density at radius 2 is 2.15 bits per heavy atom. The van der Waals surface area contributed by atoms with Crippen LogP contribution in [0.15, 0.2) is 36.7 Å². The summed E-state index contributed by atoms with van der Waals surface area (Å²) in [7, 11) is 0. The van der Waals surface area contributed by atoms with Crippen molar-refractivity contribution in [1.82, 2.24) is 15.1 Å². The fraction of sp³-hybridized carbons (Fsp3) is 0.450. The standard InChI is InChI=1S/C20H25N3O4/c1-5-27-16-12-20(18(25)26,19(16,3)4)22-17(24)14-7-8-15(13(2)11-14)23-10-6-9-21-23/h6-11,16H,5,12H2,1-4H3,(H,22,24)(H,25,26). The molecular weight excluding hydrogens is 346 g/mol. The predicted octanol–water partition coefficient (Wildman–Crippen LogP) is 2.57. The van der Waals surface area contributed by atoms with Crippen LogP contribution in [0.2, 0.25) is 0 Å². The number of carboxylic acids is 1. The summed E-state index contributed by atoms with van der Waals surface area (Å²) in [6.45, 7) is 7.90. The number of nitrogens with one attached hydrogen (secondary N) is 1. The molecule has 1 aliphatic carbocycles. The second-order valence-corrected chi connectivity index (χ2v) is 7.49. The van der Waals surface area contributed by atoms with Gasteiger partial charge in [-0.25, -0.2) is 9.48 Å². The molecule has 2 unspecified atom stereocenters. The van der Waals surface area contributed by atoms with Crippen LogP contribution in [0.25, 0.3) is 5.69 Å². The summed E-state index contributed by atoms with van der Waals surface area (Å²) < 4.78 is 7.36. The van der Waals surface area contributed by atoms with Crippen molar-refractivity contribution in [2.24, 2.45) is 5.41 Å². The van der Waals surface area contributed by atoms with Crippen LogP contribution in [0.1, 0.15) is 43.1 Å². The van der Waals surface area contributed by atoms with Crippen molar-refractivity contribution in [3.05, 3.63) is 47.8 Å². The third kappa shape index (κ3) is 3.02. The van der Waals surface area contributed by atoms with Crippen molar-refractivity contribution in [3.8, 4) is 5.69 Å². The number of hydrogen-bond donors (Lipinski definition) is 2. The number of amides is 1. The van der Waals surface area contributed by atoms with Gasteiger partial charge in [0.05, 0.1) is 11.8 Å². The second kappa shape index (κ2) is 6.81. The van der Waals surface area contributed by atoms with Crippen molar-refractivity contribution < 1.29 is 19.4 Å². The molecule has 1 aromatic heterocycles. The fourth-order valence-electron chi connectivity index (χ4n) is 3.77. The van der Waals surface area contributed by atoms with Gasteiger partial charge in [0, 0.05) is 36.4 Å². The molecule has 3 rings (SSSR count). The van der Waals surface area contributed by atoms with E-state index < -0.39 is 22.8 Å². The van der Waals surface area contributed by atoms with Crippen molar-refractivity contribution >= 4 is 11.9 Å². The molecule has 0 spiro atoms. The average Bonchev–Trinajstić information content (AvgIpc) is 3.14. The molecule has 2 atom stereocenters. The molecule has 0 radical (unpaired) electrons. The van der Waals surface area contributed by atoms with Gasteiger partial charge in [0.2, 0.25) is 0 Å². The number of aromatic nitrogens is 2. The lowest BCUT2D eigenvalue weighted by atomic mass is 9.54. The molecular formula is C20H25N3O4. The molecule has 27 heavy (non-hydrogen) atoms. The zero-order chi connectivity index (χ0) is 19.8. The quantitative estimate of drug-likeness (QED) is 0.814. The Morgan fingerprint density at radius 3 is 2.67 bits per heavy atom. The number of aryl methyl sites for hydroxylation is 1. The SMILES string of the molecule is CCOC1CC(NC(=O)c2ccc(-n3cccn3)c(C)c2)(C(=O)O)C1(C)C. The molecule has 0 saturated heterocycles. The van der Waals surface area contributed by atoms with Crippen LogP contribution in [-0.4, -0.2) is 45.0 Å². The van der Waals surface area contributed by atoms with E-state index in [0.717, 1.165) is 11.3 Å². The van der Waals surface area contributed by atoms with Crippen LogP contribution in [0.3, 0.4) is 0 Å². The van der Waals surface area contributed by atoms with Gasteiger partial charge in [-0.3, -0.25) is 4.79 Å². The van der Waals surface area contributed by atoms with E-state index in [0.29, 0.717) is 12.2 Å². The number of hydrogen-bond acceptors (Lipinski definition) is 4. The third-order valence-corrected chi connectivity index (χ3v) is 5.67. The summed E-state index contributed by atoms with van der Waals surface area (Å²) in [6.07, 6.45) is 3.55. The van der Waals surface area contributed by atoms with E-state index in [2.05, 4.69) is 10.4 Å². The molecule has 0 bridgehead atoms. The Kier molecular flexibility index (Phi) is 4.82. The number of ether oxygens (including phenoxy) is 1. The molecule has 7 heteroatoms. The van der Waals surface area contributed by atoms with E-state index in [9.17, 15) is 14.7 Å². The van der Waals surface area contributed by atoms with Crippen molar-refractivity contribution in [1.29, 1.82) is 0 Å². The Labute approximate surface area is 158 Å². The van der Waals surface area contributed by atoms with E-state index in [1.165, 1.54) is 0 Å². The van der Waals surface area contributed by atoms with Gasteiger partial charge in [0.15, 0.2) is 0 Å². The van der Waals surface area contributed by atoms with Gasteiger partial charge in [-0.15, -0.1) is 0 Å². The molecule has 2 aromatic rings. The molecule has 1 fully saturated rings. The Morgan fingerprint density at radius 1 is 1.41 bits per heavy atom. The number of aliphatic carboxylic acids is 1. The minimum atomic E-state index is -1.35. The van der Waals surface area contributed by atoms with E-state index >= 15 is 0 Å². The fourth-order valence-corrected chi connectivity index (χ4v) is 3.77. The van der Waals surface area contributed by atoms with Gasteiger partial charge < -0.3 is 15.2 Å². The van der Waals surface area contributed by atoms with E-state index in [1.54, 1.807) is 29.1 Å². The monoisotopic (exact) mass is 371 g/mol. The maximum Gasteiger partial charge on any atom is 0.330 e. The van der Waals surface area contributed by atoms with Gasteiger partial charge >= 0.3 is 5.97 Å². The first-order valence-corrected chi connectivity index (χ1v) is 9.01. The highest BCUT2D eigenvalue weighted by molar-refractivity contribution is 5.99. The van der Waals surface area contributed by atoms with Crippen molar-refractivity contribution in [2.45, 2.75) is 45.8 Å². The zero-order valence-corrected chi connectivity index (χ0v) is 16.0. The van der Waals surface area contributed by atoms with E-state index in [4.69, 9.17) is 4.74 Å². The van der Waals surface area contributed by atoms with Crippen LogP contribution in [0.5, 0.6) is 0 Å². The first-order valence-electron chi connectivity index (χ1n) is 9.01. The summed E-state index contributed by atoms with van der Waals surface area (Å²) in [5, 5.41) is 16.8. The van der Waals surface area contributed by atoms with Crippen LogP contribution in [-0.2, 0) is 9.53 Å². The maximum absolute atomic E-state index is 12.8. The Hall–Kier alpha value is -2.67. The normalized spacial score (nSPS) is 23.5. The lowest BCUT2D eigenvalue weighted by Crippen LogP contribution is -2.76. The molecule has 144 valence electrons. The summed E-state index contributed by atoms with van der Waals surface area (Å²) in [4.78, 5) is 24.9. The highest BCUT2D eigenvalue weighted by atomic mass is 16.5. The highest BCUT2D eigenvalue weighted by Crippen LogP contribution is 2.51. The molecule has 7 nitrogen and oxygen atoms in total. The number of benzene rings is 1. The number of carboxylic acid groups (broad SMARTS) is 1. The zero-order valence-electron chi connectivity index (χ0n) is 16.0. The highest BCUT2D eigenvalue weighted by Gasteiger charge is 2.66. The molecule has 1 saturated carbocycles. The molecule has 1 aromatic carbocycles. The van der Waals surface area contributed by atoms with Gasteiger partial charge in [0.25, 0.3) is 5.91 Å². The van der Waals surface area contributed by atoms with Crippen molar-refractivity contribution in [3.63, 3.8) is 0 Å². The predicted molar refractivity (Wildman–Crippen MR) is 99.9 cm³/mol. The number of carbonyl (C=O) groups is 2. The largest absolute Gasteiger partial charge is 0.479 e. The Bertz CT molecular complexity index is 860. The van der Waals surface area contributed by atoms with E-state index in [-0.39, 0.29) is 12.5 Å². The third-order valence-electron chi connectivity index (χ3n) is 5.67. The van der Waals surface area contributed by atoms with Gasteiger partial charge in [-0.2, -0.15) is 5.10 Å². The number of nitrogens with zero attached hydrogens (tertiary/aromatic N) is 2. The molecule has 1 heterocycles. The first kappa shape index (κ1) is 19.1. The summed E-state index contributed by atoms with van der Waals surface area (Å²) in [6, 6.07) is 7.05. The summed E-state index contributed by atoms with van der Waals surface area (Å²) in [5.74, 6) is -1.45. The van der Waals surface area contributed by atoms with Gasteiger partial charge in [-0.05, 0) is 43.7 Å². The molecule has 1 amide bonds. The molecule has 0 aliphatic heterocycles. The maximum atomic E-state index is 12.8. The second-order valence-electron chi connectivity index (χ2n) is 7.49. The topological polar surface area (TPSA) is 93.5 Å². The smallest absolute Gasteiger partial charge is 0.330 e. The van der Waals surface area contributed by atoms with Crippen LogP contribution >= 0.6 is 0 Å². The summed E-state index contributed by atoms with van der Waals surface area (Å²) >= 11 is 0. The van der Waals surface area contributed by atoms with Crippen LogP contribution < -0.4 is 5.32 Å². The number of rotatable bonds is 6. The molecule has 1 aliphatic rings. The average molecular weight is 371 g/mol. The lowest BCUT2D eigenvalue weighted by molar-refractivity contribution is -0.190. The Balaban J connectivity index is 1.84. The number of carbonyl (C=O) groups excluding carboxylic acids is 1. The van der Waals surface area contributed by atoms with Crippen LogP contribution in [0.4, 0.5) is 0 Å². The van der Waals surface area contributed by atoms with Gasteiger partial charge in [-0.1, -0.05) is 13.8 Å².